The summed E-state index contributed by atoms with van der Waals surface area (Å²) < 4.78 is 5.58. The molecule has 0 saturated heterocycles. The van der Waals surface area contributed by atoms with Gasteiger partial charge in [-0.15, -0.1) is 0 Å². The van der Waals surface area contributed by atoms with Crippen LogP contribution in [0.25, 0.3) is 0 Å². The average Bonchev–Trinajstić information content (AvgIpc) is 2.38. The second kappa shape index (κ2) is 5.23. The number of hydrogen-bond acceptors (Lipinski definition) is 4. The first-order valence-corrected chi connectivity index (χ1v) is 6.78. The standard InChI is InChI=1S/C14H22O5/c1-8(2)10-3-4-14(18,7-15)12-11(10)5-9(6-19-12)13(16)17/h5,8,10-12,15,18H,3-4,6-7H2,1-2H3,(H,16,17)/t10-,11-,12-,14+/m1/s1. The third-order valence-corrected chi connectivity index (χ3v) is 4.50. The number of aliphatic hydroxyl groups excluding tert-OH is 1. The molecule has 5 heteroatoms. The van der Waals surface area contributed by atoms with Crippen LogP contribution in [0.5, 0.6) is 0 Å². The van der Waals surface area contributed by atoms with E-state index in [2.05, 4.69) is 13.8 Å². The number of rotatable bonds is 3. The second-order valence-electron chi connectivity index (χ2n) is 6.01. The predicted octanol–water partition coefficient (Wildman–Crippen LogP) is 0.802. The van der Waals surface area contributed by atoms with Crippen molar-refractivity contribution < 1.29 is 24.9 Å². The Labute approximate surface area is 112 Å². The molecule has 0 spiro atoms. The molecule has 1 aliphatic heterocycles. The molecule has 4 atom stereocenters. The third-order valence-electron chi connectivity index (χ3n) is 4.50. The van der Waals surface area contributed by atoms with Crippen molar-refractivity contribution in [2.45, 2.75) is 38.4 Å². The summed E-state index contributed by atoms with van der Waals surface area (Å²) in [5.74, 6) is -0.472. The van der Waals surface area contributed by atoms with Crippen molar-refractivity contribution in [3.8, 4) is 0 Å². The van der Waals surface area contributed by atoms with E-state index in [-0.39, 0.29) is 30.6 Å². The maximum Gasteiger partial charge on any atom is 0.333 e. The molecule has 3 N–H and O–H groups in total. The first-order valence-electron chi connectivity index (χ1n) is 6.78. The van der Waals surface area contributed by atoms with Crippen molar-refractivity contribution >= 4 is 5.97 Å². The quantitative estimate of drug-likeness (QED) is 0.706. The molecule has 0 amide bonds. The molecule has 0 aromatic rings. The van der Waals surface area contributed by atoms with E-state index >= 15 is 0 Å². The van der Waals surface area contributed by atoms with Gasteiger partial charge in [0.15, 0.2) is 0 Å². The van der Waals surface area contributed by atoms with Gasteiger partial charge in [-0.05, 0) is 24.7 Å². The highest BCUT2D eigenvalue weighted by Gasteiger charge is 2.50. The zero-order valence-corrected chi connectivity index (χ0v) is 11.4. The zero-order valence-electron chi connectivity index (χ0n) is 11.4. The molecule has 2 rings (SSSR count). The molecule has 0 radical (unpaired) electrons. The van der Waals surface area contributed by atoms with Crippen LogP contribution < -0.4 is 0 Å². The molecule has 1 fully saturated rings. The fraction of sp³-hybridized carbons (Fsp3) is 0.786. The molecular formula is C14H22O5. The van der Waals surface area contributed by atoms with Gasteiger partial charge in [-0.25, -0.2) is 4.79 Å². The number of aliphatic carboxylic acids is 1. The predicted molar refractivity (Wildman–Crippen MR) is 68.5 cm³/mol. The van der Waals surface area contributed by atoms with Gasteiger partial charge in [0.25, 0.3) is 0 Å². The molecule has 1 heterocycles. The summed E-state index contributed by atoms with van der Waals surface area (Å²) in [5.41, 5.74) is -1.01. The summed E-state index contributed by atoms with van der Waals surface area (Å²) in [6.07, 6.45) is 2.47. The molecule has 1 aliphatic carbocycles. The number of hydrogen-bond donors (Lipinski definition) is 3. The molecule has 0 aromatic heterocycles. The normalized spacial score (nSPS) is 38.8. The number of ether oxygens (including phenoxy) is 1. The summed E-state index contributed by atoms with van der Waals surface area (Å²) >= 11 is 0. The summed E-state index contributed by atoms with van der Waals surface area (Å²) in [7, 11) is 0. The van der Waals surface area contributed by atoms with Crippen LogP contribution in [0.15, 0.2) is 11.6 Å². The lowest BCUT2D eigenvalue weighted by Crippen LogP contribution is -2.58. The Morgan fingerprint density at radius 3 is 2.79 bits per heavy atom. The van der Waals surface area contributed by atoms with Crippen LogP contribution in [0.1, 0.15) is 26.7 Å². The Balaban J connectivity index is 2.34. The summed E-state index contributed by atoms with van der Waals surface area (Å²) in [6.45, 7) is 3.82. The van der Waals surface area contributed by atoms with E-state index < -0.39 is 17.7 Å². The average molecular weight is 270 g/mol. The van der Waals surface area contributed by atoms with Crippen LogP contribution in [0.3, 0.4) is 0 Å². The zero-order chi connectivity index (χ0) is 14.2. The van der Waals surface area contributed by atoms with Gasteiger partial charge >= 0.3 is 5.97 Å². The van der Waals surface area contributed by atoms with Gasteiger partial charge in [-0.1, -0.05) is 19.9 Å². The van der Waals surface area contributed by atoms with Crippen LogP contribution in [0, 0.1) is 17.8 Å². The van der Waals surface area contributed by atoms with Gasteiger partial charge in [-0.2, -0.15) is 0 Å². The van der Waals surface area contributed by atoms with Crippen LogP contribution in [0.2, 0.25) is 0 Å². The van der Waals surface area contributed by atoms with Crippen LogP contribution >= 0.6 is 0 Å². The monoisotopic (exact) mass is 270 g/mol. The molecule has 5 nitrogen and oxygen atoms in total. The maximum atomic E-state index is 11.1. The highest BCUT2D eigenvalue weighted by molar-refractivity contribution is 5.87. The van der Waals surface area contributed by atoms with E-state index in [0.717, 1.165) is 6.42 Å². The summed E-state index contributed by atoms with van der Waals surface area (Å²) in [5, 5.41) is 29.0. The lowest BCUT2D eigenvalue weighted by Gasteiger charge is -2.49. The number of carbonyl (C=O) groups is 1. The Morgan fingerprint density at radius 2 is 2.26 bits per heavy atom. The number of carboxylic acids is 1. The van der Waals surface area contributed by atoms with Gasteiger partial charge in [0, 0.05) is 5.92 Å². The minimum Gasteiger partial charge on any atom is -0.478 e. The molecule has 1 saturated carbocycles. The topological polar surface area (TPSA) is 87.0 Å². The van der Waals surface area contributed by atoms with Crippen molar-refractivity contribution in [3.63, 3.8) is 0 Å². The molecule has 0 unspecified atom stereocenters. The molecule has 19 heavy (non-hydrogen) atoms. The van der Waals surface area contributed by atoms with Crippen LogP contribution in [-0.4, -0.2) is 46.2 Å². The largest absolute Gasteiger partial charge is 0.478 e. The van der Waals surface area contributed by atoms with Gasteiger partial charge in [0.1, 0.15) is 5.60 Å². The van der Waals surface area contributed by atoms with Gasteiger partial charge < -0.3 is 20.1 Å². The van der Waals surface area contributed by atoms with E-state index in [4.69, 9.17) is 9.84 Å². The van der Waals surface area contributed by atoms with E-state index in [1.54, 1.807) is 6.08 Å². The van der Waals surface area contributed by atoms with Crippen LogP contribution in [-0.2, 0) is 9.53 Å². The Morgan fingerprint density at radius 1 is 1.58 bits per heavy atom. The smallest absolute Gasteiger partial charge is 0.333 e. The Kier molecular flexibility index (Phi) is 3.99. The minimum absolute atomic E-state index is 0.0103. The SMILES string of the molecule is CC(C)[C@H]1CC[C@](O)(CO)[C@@H]2OCC(C(=O)O)=C[C@H]12. The number of carboxylic acid groups (broad SMARTS) is 1. The number of aliphatic hydroxyl groups is 2. The fourth-order valence-corrected chi connectivity index (χ4v) is 3.35. The maximum absolute atomic E-state index is 11.1. The van der Waals surface area contributed by atoms with Crippen molar-refractivity contribution in [1.82, 2.24) is 0 Å². The molecule has 0 bridgehead atoms. The summed E-state index contributed by atoms with van der Waals surface area (Å²) in [6, 6.07) is 0. The van der Waals surface area contributed by atoms with Gasteiger partial charge in [-0.3, -0.25) is 0 Å². The Hall–Kier alpha value is -0.910. The van der Waals surface area contributed by atoms with Gasteiger partial charge in [0.2, 0.25) is 0 Å². The second-order valence-corrected chi connectivity index (χ2v) is 6.01. The Bertz CT molecular complexity index is 389. The number of fused-ring (bicyclic) bond motifs is 1. The molecule has 108 valence electrons. The van der Waals surface area contributed by atoms with E-state index in [9.17, 15) is 15.0 Å². The van der Waals surface area contributed by atoms with E-state index in [1.807, 2.05) is 0 Å². The first-order chi connectivity index (χ1) is 8.89. The minimum atomic E-state index is -1.25. The van der Waals surface area contributed by atoms with Crippen LogP contribution in [0.4, 0.5) is 0 Å². The molecule has 2 aliphatic rings. The fourth-order valence-electron chi connectivity index (χ4n) is 3.35. The first kappa shape index (κ1) is 14.5. The van der Waals surface area contributed by atoms with Crippen molar-refractivity contribution in [2.75, 3.05) is 13.2 Å². The molecular weight excluding hydrogens is 248 g/mol. The molecule has 0 aromatic carbocycles. The van der Waals surface area contributed by atoms with Crippen molar-refractivity contribution in [1.29, 1.82) is 0 Å². The highest BCUT2D eigenvalue weighted by Crippen LogP contribution is 2.44. The lowest BCUT2D eigenvalue weighted by molar-refractivity contribution is -0.183. The van der Waals surface area contributed by atoms with E-state index in [0.29, 0.717) is 12.3 Å². The van der Waals surface area contributed by atoms with Crippen molar-refractivity contribution in [3.05, 3.63) is 11.6 Å². The lowest BCUT2D eigenvalue weighted by atomic mass is 9.65. The third kappa shape index (κ3) is 2.55. The highest BCUT2D eigenvalue weighted by atomic mass is 16.5. The van der Waals surface area contributed by atoms with Gasteiger partial charge in [0.05, 0.1) is 24.9 Å². The van der Waals surface area contributed by atoms with E-state index in [1.165, 1.54) is 0 Å². The van der Waals surface area contributed by atoms with Crippen molar-refractivity contribution in [2.24, 2.45) is 17.8 Å². The summed E-state index contributed by atoms with van der Waals surface area (Å²) in [4.78, 5) is 11.1.